The van der Waals surface area contributed by atoms with E-state index in [1.807, 2.05) is 39.8 Å². The van der Waals surface area contributed by atoms with E-state index in [-0.39, 0.29) is 0 Å². The average molecular weight is 186 g/mol. The van der Waals surface area contributed by atoms with E-state index in [2.05, 4.69) is 11.2 Å². The maximum atomic E-state index is 8.77. The quantitative estimate of drug-likeness (QED) is 0.724. The SMILES string of the molecule is N#Cc1cccn1CCn1cccn1. The molecule has 0 radical (unpaired) electrons. The molecule has 0 spiro atoms. The molecule has 0 atom stereocenters. The Morgan fingerprint density at radius 3 is 2.93 bits per heavy atom. The third-order valence-corrected chi connectivity index (χ3v) is 2.07. The molecular formula is C10H10N4. The van der Waals surface area contributed by atoms with Crippen molar-refractivity contribution >= 4 is 0 Å². The van der Waals surface area contributed by atoms with Gasteiger partial charge in [0.2, 0.25) is 0 Å². The second kappa shape index (κ2) is 3.79. The van der Waals surface area contributed by atoms with Crippen molar-refractivity contribution in [1.29, 1.82) is 5.26 Å². The minimum Gasteiger partial charge on any atom is -0.338 e. The summed E-state index contributed by atoms with van der Waals surface area (Å²) in [6, 6.07) is 7.71. The highest BCUT2D eigenvalue weighted by atomic mass is 15.3. The van der Waals surface area contributed by atoms with Crippen LogP contribution in [0.3, 0.4) is 0 Å². The summed E-state index contributed by atoms with van der Waals surface area (Å²) in [6.07, 6.45) is 5.57. The summed E-state index contributed by atoms with van der Waals surface area (Å²) in [6.45, 7) is 1.56. The van der Waals surface area contributed by atoms with Gasteiger partial charge in [-0.15, -0.1) is 0 Å². The van der Waals surface area contributed by atoms with Crippen molar-refractivity contribution in [3.63, 3.8) is 0 Å². The van der Waals surface area contributed by atoms with Crippen molar-refractivity contribution in [2.45, 2.75) is 13.1 Å². The van der Waals surface area contributed by atoms with Gasteiger partial charge >= 0.3 is 0 Å². The first-order chi connectivity index (χ1) is 6.90. The van der Waals surface area contributed by atoms with E-state index in [9.17, 15) is 0 Å². The lowest BCUT2D eigenvalue weighted by Crippen LogP contribution is -2.08. The van der Waals surface area contributed by atoms with Gasteiger partial charge in [-0.25, -0.2) is 0 Å². The summed E-state index contributed by atoms with van der Waals surface area (Å²) in [5, 5.41) is 12.9. The van der Waals surface area contributed by atoms with E-state index in [0.717, 1.165) is 13.1 Å². The van der Waals surface area contributed by atoms with Gasteiger partial charge in [0.15, 0.2) is 0 Å². The van der Waals surface area contributed by atoms with Crippen LogP contribution in [0.15, 0.2) is 36.8 Å². The summed E-state index contributed by atoms with van der Waals surface area (Å²) in [4.78, 5) is 0. The van der Waals surface area contributed by atoms with Crippen molar-refractivity contribution in [2.75, 3.05) is 0 Å². The average Bonchev–Trinajstić information content (AvgIpc) is 2.85. The van der Waals surface area contributed by atoms with Crippen LogP contribution in [0.2, 0.25) is 0 Å². The third kappa shape index (κ3) is 1.67. The fraction of sp³-hybridized carbons (Fsp3) is 0.200. The highest BCUT2D eigenvalue weighted by Crippen LogP contribution is 2.00. The Morgan fingerprint density at radius 1 is 1.29 bits per heavy atom. The van der Waals surface area contributed by atoms with E-state index in [1.165, 1.54) is 0 Å². The fourth-order valence-corrected chi connectivity index (χ4v) is 1.35. The van der Waals surface area contributed by atoms with Gasteiger partial charge in [0.05, 0.1) is 6.54 Å². The topological polar surface area (TPSA) is 46.5 Å². The summed E-state index contributed by atoms with van der Waals surface area (Å²) in [7, 11) is 0. The molecule has 0 amide bonds. The Morgan fingerprint density at radius 2 is 2.21 bits per heavy atom. The standard InChI is InChI=1S/C10H10N4/c11-9-10-3-1-5-13(10)7-8-14-6-2-4-12-14/h1-6H,7-8H2. The monoisotopic (exact) mass is 186 g/mol. The Hall–Kier alpha value is -2.02. The van der Waals surface area contributed by atoms with E-state index < -0.39 is 0 Å². The van der Waals surface area contributed by atoms with Gasteiger partial charge in [0.1, 0.15) is 11.8 Å². The predicted octanol–water partition coefficient (Wildman–Crippen LogP) is 1.26. The molecule has 0 saturated carbocycles. The van der Waals surface area contributed by atoms with Crippen LogP contribution in [0, 0.1) is 11.3 Å². The lowest BCUT2D eigenvalue weighted by Gasteiger charge is -2.04. The molecule has 0 fully saturated rings. The molecule has 0 aliphatic rings. The van der Waals surface area contributed by atoms with E-state index >= 15 is 0 Å². The molecule has 4 heteroatoms. The highest BCUT2D eigenvalue weighted by Gasteiger charge is 1.98. The molecule has 2 heterocycles. The second-order valence-corrected chi connectivity index (χ2v) is 2.97. The molecule has 2 aromatic rings. The van der Waals surface area contributed by atoms with Crippen LogP contribution in [0.5, 0.6) is 0 Å². The predicted molar refractivity (Wildman–Crippen MR) is 51.4 cm³/mol. The molecular weight excluding hydrogens is 176 g/mol. The summed E-state index contributed by atoms with van der Waals surface area (Å²) in [5.74, 6) is 0. The number of hydrogen-bond acceptors (Lipinski definition) is 2. The van der Waals surface area contributed by atoms with Crippen molar-refractivity contribution in [2.24, 2.45) is 0 Å². The third-order valence-electron chi connectivity index (χ3n) is 2.07. The molecule has 2 aromatic heterocycles. The lowest BCUT2D eigenvalue weighted by atomic mass is 10.4. The summed E-state index contributed by atoms with van der Waals surface area (Å²) < 4.78 is 3.77. The molecule has 0 aliphatic heterocycles. The van der Waals surface area contributed by atoms with Crippen LogP contribution in [0.1, 0.15) is 5.69 Å². The van der Waals surface area contributed by atoms with Gasteiger partial charge < -0.3 is 4.57 Å². The fourth-order valence-electron chi connectivity index (χ4n) is 1.35. The maximum Gasteiger partial charge on any atom is 0.120 e. The van der Waals surface area contributed by atoms with Crippen LogP contribution >= 0.6 is 0 Å². The van der Waals surface area contributed by atoms with E-state index in [0.29, 0.717) is 5.69 Å². The largest absolute Gasteiger partial charge is 0.338 e. The summed E-state index contributed by atoms with van der Waals surface area (Å²) >= 11 is 0. The molecule has 14 heavy (non-hydrogen) atoms. The second-order valence-electron chi connectivity index (χ2n) is 2.97. The zero-order valence-electron chi connectivity index (χ0n) is 7.67. The highest BCUT2D eigenvalue weighted by molar-refractivity contribution is 5.21. The normalized spacial score (nSPS) is 9.93. The zero-order chi connectivity index (χ0) is 9.80. The Kier molecular flexibility index (Phi) is 2.32. The number of aryl methyl sites for hydroxylation is 2. The first kappa shape index (κ1) is 8.57. The zero-order valence-corrected chi connectivity index (χ0v) is 7.67. The smallest absolute Gasteiger partial charge is 0.120 e. The van der Waals surface area contributed by atoms with E-state index in [1.54, 1.807) is 6.20 Å². The number of nitriles is 1. The van der Waals surface area contributed by atoms with Gasteiger partial charge in [-0.2, -0.15) is 10.4 Å². The van der Waals surface area contributed by atoms with Crippen LogP contribution < -0.4 is 0 Å². The Bertz CT molecular complexity index is 433. The van der Waals surface area contributed by atoms with Gasteiger partial charge in [-0.1, -0.05) is 0 Å². The van der Waals surface area contributed by atoms with Gasteiger partial charge in [0.25, 0.3) is 0 Å². The van der Waals surface area contributed by atoms with Gasteiger partial charge in [-0.3, -0.25) is 4.68 Å². The molecule has 2 rings (SSSR count). The van der Waals surface area contributed by atoms with Gasteiger partial charge in [0, 0.05) is 25.1 Å². The summed E-state index contributed by atoms with van der Waals surface area (Å²) in [5.41, 5.74) is 0.692. The minimum atomic E-state index is 0.692. The first-order valence-corrected chi connectivity index (χ1v) is 4.43. The molecule has 0 bridgehead atoms. The molecule has 0 aromatic carbocycles. The van der Waals surface area contributed by atoms with Gasteiger partial charge in [-0.05, 0) is 18.2 Å². The Labute approximate surface area is 82.0 Å². The van der Waals surface area contributed by atoms with Crippen molar-refractivity contribution < 1.29 is 0 Å². The first-order valence-electron chi connectivity index (χ1n) is 4.43. The van der Waals surface area contributed by atoms with Crippen LogP contribution in [0.25, 0.3) is 0 Å². The van der Waals surface area contributed by atoms with Crippen LogP contribution in [-0.4, -0.2) is 14.3 Å². The van der Waals surface area contributed by atoms with E-state index in [4.69, 9.17) is 5.26 Å². The van der Waals surface area contributed by atoms with Crippen LogP contribution in [-0.2, 0) is 13.1 Å². The number of nitrogens with zero attached hydrogens (tertiary/aromatic N) is 4. The molecule has 70 valence electrons. The number of aromatic nitrogens is 3. The molecule has 0 unspecified atom stereocenters. The Balaban J connectivity index is 2.02. The lowest BCUT2D eigenvalue weighted by molar-refractivity contribution is 0.532. The maximum absolute atomic E-state index is 8.77. The minimum absolute atomic E-state index is 0.692. The molecule has 0 aliphatic carbocycles. The van der Waals surface area contributed by atoms with Crippen molar-refractivity contribution in [3.05, 3.63) is 42.5 Å². The molecule has 0 saturated heterocycles. The van der Waals surface area contributed by atoms with Crippen molar-refractivity contribution in [1.82, 2.24) is 14.3 Å². The molecule has 4 nitrogen and oxygen atoms in total. The van der Waals surface area contributed by atoms with Crippen molar-refractivity contribution in [3.8, 4) is 6.07 Å². The van der Waals surface area contributed by atoms with Crippen LogP contribution in [0.4, 0.5) is 0 Å². The number of rotatable bonds is 3. The number of hydrogen-bond donors (Lipinski definition) is 0. The molecule has 0 N–H and O–H groups in total.